The van der Waals surface area contributed by atoms with Gasteiger partial charge < -0.3 is 15.0 Å². The van der Waals surface area contributed by atoms with Crippen molar-refractivity contribution in [3.05, 3.63) is 35.5 Å². The van der Waals surface area contributed by atoms with Gasteiger partial charge in [0.05, 0.1) is 0 Å². The van der Waals surface area contributed by atoms with Crippen molar-refractivity contribution in [1.82, 2.24) is 9.88 Å². The van der Waals surface area contributed by atoms with Gasteiger partial charge in [0, 0.05) is 30.4 Å². The van der Waals surface area contributed by atoms with Crippen LogP contribution >= 0.6 is 0 Å². The molecule has 0 saturated carbocycles. The zero-order chi connectivity index (χ0) is 16.4. The van der Waals surface area contributed by atoms with E-state index < -0.39 is 5.97 Å². The predicted octanol–water partition coefficient (Wildman–Crippen LogP) is 3.19. The molecule has 3 rings (SSSR count). The lowest BCUT2D eigenvalue weighted by Gasteiger charge is -2.32. The van der Waals surface area contributed by atoms with Crippen molar-refractivity contribution in [2.45, 2.75) is 32.6 Å². The molecular weight excluding hydrogens is 292 g/mol. The van der Waals surface area contributed by atoms with Crippen molar-refractivity contribution >= 4 is 22.8 Å². The Bertz CT molecular complexity index is 735. The van der Waals surface area contributed by atoms with Gasteiger partial charge in [0.25, 0.3) is 5.91 Å². The molecule has 5 heteroatoms. The molecular formula is C18H22N2O3. The van der Waals surface area contributed by atoms with Crippen LogP contribution in [0.1, 0.15) is 41.7 Å². The average molecular weight is 314 g/mol. The first-order chi connectivity index (χ1) is 11.0. The Morgan fingerprint density at radius 2 is 2.17 bits per heavy atom. The monoisotopic (exact) mass is 314 g/mol. The minimum atomic E-state index is -0.764. The van der Waals surface area contributed by atoms with Gasteiger partial charge in [-0.05, 0) is 49.8 Å². The number of aromatic amines is 1. The fourth-order valence-corrected chi connectivity index (χ4v) is 3.34. The lowest BCUT2D eigenvalue weighted by Crippen LogP contribution is -2.40. The minimum Gasteiger partial charge on any atom is -0.481 e. The molecule has 1 fully saturated rings. The Balaban J connectivity index is 1.71. The molecule has 1 aromatic heterocycles. The Labute approximate surface area is 135 Å². The highest BCUT2D eigenvalue weighted by atomic mass is 16.4. The zero-order valence-electron chi connectivity index (χ0n) is 13.3. The molecule has 1 amide bonds. The normalized spacial score (nSPS) is 18.3. The smallest absolute Gasteiger partial charge is 0.303 e. The van der Waals surface area contributed by atoms with Crippen molar-refractivity contribution < 1.29 is 14.7 Å². The number of carbonyl (C=O) groups excluding carboxylic acids is 1. The van der Waals surface area contributed by atoms with E-state index in [2.05, 4.69) is 4.98 Å². The van der Waals surface area contributed by atoms with Gasteiger partial charge in [-0.15, -0.1) is 0 Å². The summed E-state index contributed by atoms with van der Waals surface area (Å²) in [5, 5.41) is 9.85. The Kier molecular flexibility index (Phi) is 4.37. The van der Waals surface area contributed by atoms with Crippen molar-refractivity contribution in [2.24, 2.45) is 5.92 Å². The van der Waals surface area contributed by atoms with Crippen molar-refractivity contribution in [2.75, 3.05) is 13.1 Å². The van der Waals surface area contributed by atoms with Gasteiger partial charge in [0.1, 0.15) is 5.69 Å². The standard InChI is InChI=1S/C18H22N2O3/c1-12-4-6-14-10-16(19-15(14)9-12)18(23)20-8-2-3-13(11-20)5-7-17(21)22/h4,6,9-10,13,19H,2-3,5,7-8,11H2,1H3,(H,21,22). The number of piperidine rings is 1. The van der Waals surface area contributed by atoms with Gasteiger partial charge in [0.15, 0.2) is 0 Å². The molecule has 1 unspecified atom stereocenters. The summed E-state index contributed by atoms with van der Waals surface area (Å²) in [5.74, 6) is -0.464. The maximum Gasteiger partial charge on any atom is 0.303 e. The van der Waals surface area contributed by atoms with E-state index in [0.717, 1.165) is 35.9 Å². The summed E-state index contributed by atoms with van der Waals surface area (Å²) < 4.78 is 0. The molecule has 1 aliphatic heterocycles. The third kappa shape index (κ3) is 3.55. The summed E-state index contributed by atoms with van der Waals surface area (Å²) in [7, 11) is 0. The first kappa shape index (κ1) is 15.6. The number of carboxylic acids is 1. The second-order valence-electron chi connectivity index (χ2n) is 6.47. The van der Waals surface area contributed by atoms with E-state index in [1.54, 1.807) is 0 Å². The summed E-state index contributed by atoms with van der Waals surface area (Å²) in [6, 6.07) is 7.99. The van der Waals surface area contributed by atoms with Crippen LogP contribution in [0.3, 0.4) is 0 Å². The third-order valence-electron chi connectivity index (χ3n) is 4.58. The number of aryl methyl sites for hydroxylation is 1. The van der Waals surface area contributed by atoms with Gasteiger partial charge in [-0.25, -0.2) is 0 Å². The summed E-state index contributed by atoms with van der Waals surface area (Å²) in [5.41, 5.74) is 2.75. The summed E-state index contributed by atoms with van der Waals surface area (Å²) in [6.07, 6.45) is 2.77. The van der Waals surface area contributed by atoms with E-state index in [-0.39, 0.29) is 18.2 Å². The van der Waals surface area contributed by atoms with Gasteiger partial charge in [0.2, 0.25) is 0 Å². The van der Waals surface area contributed by atoms with Gasteiger partial charge in [-0.2, -0.15) is 0 Å². The molecule has 5 nitrogen and oxygen atoms in total. The lowest BCUT2D eigenvalue weighted by molar-refractivity contribution is -0.137. The predicted molar refractivity (Wildman–Crippen MR) is 88.5 cm³/mol. The van der Waals surface area contributed by atoms with Crippen molar-refractivity contribution in [1.29, 1.82) is 0 Å². The number of hydrogen-bond acceptors (Lipinski definition) is 2. The number of aliphatic carboxylic acids is 1. The van der Waals surface area contributed by atoms with Crippen molar-refractivity contribution in [3.63, 3.8) is 0 Å². The Morgan fingerprint density at radius 1 is 1.35 bits per heavy atom. The van der Waals surface area contributed by atoms with E-state index in [1.165, 1.54) is 0 Å². The van der Waals surface area contributed by atoms with Crippen LogP contribution in [0.5, 0.6) is 0 Å². The fourth-order valence-electron chi connectivity index (χ4n) is 3.34. The second-order valence-corrected chi connectivity index (χ2v) is 6.47. The lowest BCUT2D eigenvalue weighted by atomic mass is 9.93. The molecule has 1 saturated heterocycles. The summed E-state index contributed by atoms with van der Waals surface area (Å²) in [4.78, 5) is 28.5. The number of H-pyrrole nitrogens is 1. The van der Waals surface area contributed by atoms with Gasteiger partial charge in [-0.1, -0.05) is 12.1 Å². The number of rotatable bonds is 4. The molecule has 1 aliphatic rings. The number of likely N-dealkylation sites (tertiary alicyclic amines) is 1. The van der Waals surface area contributed by atoms with E-state index in [4.69, 9.17) is 5.11 Å². The van der Waals surface area contributed by atoms with Gasteiger partial charge >= 0.3 is 5.97 Å². The van der Waals surface area contributed by atoms with Crippen LogP contribution < -0.4 is 0 Å². The topological polar surface area (TPSA) is 73.4 Å². The molecule has 0 aliphatic carbocycles. The number of amides is 1. The molecule has 0 spiro atoms. The highest BCUT2D eigenvalue weighted by Crippen LogP contribution is 2.24. The second kappa shape index (κ2) is 6.44. The van der Waals surface area contributed by atoms with Crippen LogP contribution in [0.2, 0.25) is 0 Å². The number of benzene rings is 1. The Hall–Kier alpha value is -2.30. The van der Waals surface area contributed by atoms with Crippen LogP contribution in [0.15, 0.2) is 24.3 Å². The number of fused-ring (bicyclic) bond motifs is 1. The average Bonchev–Trinajstić information content (AvgIpc) is 2.95. The molecule has 23 heavy (non-hydrogen) atoms. The van der Waals surface area contributed by atoms with Crippen LogP contribution in [-0.2, 0) is 4.79 Å². The van der Waals surface area contributed by atoms with Crippen LogP contribution in [-0.4, -0.2) is 40.0 Å². The Morgan fingerprint density at radius 3 is 2.96 bits per heavy atom. The fraction of sp³-hybridized carbons (Fsp3) is 0.444. The molecule has 2 N–H and O–H groups in total. The number of carboxylic acid groups (broad SMARTS) is 1. The maximum absolute atomic E-state index is 12.7. The summed E-state index contributed by atoms with van der Waals surface area (Å²) >= 11 is 0. The molecule has 0 radical (unpaired) electrons. The summed E-state index contributed by atoms with van der Waals surface area (Å²) in [6.45, 7) is 3.43. The van der Waals surface area contributed by atoms with Crippen LogP contribution in [0.4, 0.5) is 0 Å². The number of nitrogens with zero attached hydrogens (tertiary/aromatic N) is 1. The zero-order valence-corrected chi connectivity index (χ0v) is 13.3. The highest BCUT2D eigenvalue weighted by molar-refractivity contribution is 5.98. The molecule has 1 atom stereocenters. The van der Waals surface area contributed by atoms with E-state index in [9.17, 15) is 9.59 Å². The van der Waals surface area contributed by atoms with E-state index in [0.29, 0.717) is 18.7 Å². The third-order valence-corrected chi connectivity index (χ3v) is 4.58. The van der Waals surface area contributed by atoms with Crippen LogP contribution in [0, 0.1) is 12.8 Å². The quantitative estimate of drug-likeness (QED) is 0.910. The molecule has 2 heterocycles. The maximum atomic E-state index is 12.7. The molecule has 122 valence electrons. The first-order valence-electron chi connectivity index (χ1n) is 8.13. The number of hydrogen-bond donors (Lipinski definition) is 2. The highest BCUT2D eigenvalue weighted by Gasteiger charge is 2.25. The van der Waals surface area contributed by atoms with Crippen molar-refractivity contribution in [3.8, 4) is 0 Å². The van der Waals surface area contributed by atoms with Gasteiger partial charge in [-0.3, -0.25) is 9.59 Å². The largest absolute Gasteiger partial charge is 0.481 e. The minimum absolute atomic E-state index is 0.0129. The van der Waals surface area contributed by atoms with Crippen LogP contribution in [0.25, 0.3) is 10.9 Å². The number of nitrogens with one attached hydrogen (secondary N) is 1. The first-order valence-corrected chi connectivity index (χ1v) is 8.13. The number of carbonyl (C=O) groups is 2. The molecule has 1 aromatic carbocycles. The molecule has 2 aromatic rings. The van der Waals surface area contributed by atoms with E-state index in [1.807, 2.05) is 36.1 Å². The van der Waals surface area contributed by atoms with E-state index >= 15 is 0 Å². The molecule has 0 bridgehead atoms. The SMILES string of the molecule is Cc1ccc2cc(C(=O)N3CCCC(CCC(=O)O)C3)[nH]c2c1. The number of aromatic nitrogens is 1.